The molecule has 675 valence electrons. The average molecular weight is 1790 g/mol. The second-order valence-electron chi connectivity index (χ2n) is 30.8. The molecule has 7 aromatic rings. The number of amides is 8. The number of aliphatic hydroxyl groups excluding tert-OH is 1. The fraction of sp³-hybridized carbons (Fsp3) is 0.429. The maximum absolute atomic E-state index is 12.6. The van der Waals surface area contributed by atoms with E-state index in [2.05, 4.69) is 34.6 Å². The van der Waals surface area contributed by atoms with Crippen LogP contribution in [0.4, 0.5) is 28.8 Å². The number of carbonyl (C=O) groups is 10. The smallest absolute Gasteiger partial charge is 1.00 e. The van der Waals surface area contributed by atoms with Crippen LogP contribution in [-0.2, 0) is 96.2 Å². The van der Waals surface area contributed by atoms with Crippen LogP contribution in [0.25, 0.3) is 0 Å². The maximum Gasteiger partial charge on any atom is 1.00 e. The number of aliphatic hydroxyl groups is 1. The van der Waals surface area contributed by atoms with E-state index in [1.54, 1.807) is 76.1 Å². The molecule has 0 bridgehead atoms. The average Bonchev–Trinajstić information content (AvgIpc) is 1.57. The Balaban J connectivity index is 0.000000315. The van der Waals surface area contributed by atoms with E-state index in [1.165, 1.54) is 19.6 Å². The number of likely N-dealkylation sites (N-methyl/N-ethyl adjacent to an activating group) is 4. The van der Waals surface area contributed by atoms with Crippen LogP contribution in [0.3, 0.4) is 0 Å². The van der Waals surface area contributed by atoms with Gasteiger partial charge < -0.3 is 75.1 Å². The first kappa shape index (κ1) is 106. The molecule has 8 amide bonds. The zero-order chi connectivity index (χ0) is 90.7. The number of rotatable bonds is 27. The first-order valence-corrected chi connectivity index (χ1v) is 43.6. The Kier molecular flexibility index (Phi) is 42.6. The van der Waals surface area contributed by atoms with Crippen molar-refractivity contribution in [3.63, 3.8) is 0 Å². The molecule has 7 aromatic carbocycles. The number of alkyl carbamates (subject to hydrolysis) is 1. The fourth-order valence-corrected chi connectivity index (χ4v) is 12.9. The molecule has 0 spiro atoms. The fourth-order valence-electron chi connectivity index (χ4n) is 12.9. The summed E-state index contributed by atoms with van der Waals surface area (Å²) in [5.74, 6) is 6.67. The van der Waals surface area contributed by atoms with Gasteiger partial charge in [-0.05, 0) is 143 Å². The van der Waals surface area contributed by atoms with Crippen LogP contribution < -0.4 is 52.3 Å². The largest absolute Gasteiger partial charge is 1.00 e. The van der Waals surface area contributed by atoms with Crippen molar-refractivity contribution in [1.82, 2.24) is 34.7 Å². The number of imide groups is 1. The Bertz CT molecular complexity index is 4520. The van der Waals surface area contributed by atoms with E-state index >= 15 is 0 Å². The summed E-state index contributed by atoms with van der Waals surface area (Å²) in [6.45, 7) is 8.43. The Labute approximate surface area is 768 Å². The zero-order valence-corrected chi connectivity index (χ0v) is 77.1. The van der Waals surface area contributed by atoms with Gasteiger partial charge in [-0.25, -0.2) is 46.8 Å². The Morgan fingerprint density at radius 1 is 0.413 bits per heavy atom. The number of ether oxygens (including phenoxy) is 8. The first-order chi connectivity index (χ1) is 59.3. The van der Waals surface area contributed by atoms with Gasteiger partial charge in [-0.3, -0.25) is 31.1 Å². The molecule has 35 heteroatoms. The molecule has 0 unspecified atom stereocenters. The summed E-state index contributed by atoms with van der Waals surface area (Å²) < 4.78 is 60.2. The Morgan fingerprint density at radius 3 is 0.937 bits per heavy atom. The topological polar surface area (TPSA) is 408 Å². The molecular weight excluding hydrogens is 1670 g/mol. The van der Waals surface area contributed by atoms with E-state index < -0.39 is 43.9 Å². The molecular formula is C91H118BClN10NaO21S. The van der Waals surface area contributed by atoms with Crippen LogP contribution in [0.15, 0.2) is 206 Å². The third-order valence-electron chi connectivity index (χ3n) is 22.2. The minimum absolute atomic E-state index is 0. The molecule has 14 rings (SSSR count). The van der Waals surface area contributed by atoms with Crippen molar-refractivity contribution in [2.75, 3.05) is 74.4 Å². The van der Waals surface area contributed by atoms with E-state index in [-0.39, 0.29) is 138 Å². The van der Waals surface area contributed by atoms with E-state index in [0.29, 0.717) is 69.8 Å². The SMILES string of the molecule is CCC1(N(C)C(=O)OCc2ccccc2)CC1.CCOC(=O)C1(N(C)C(=O)OCc2ccccc2)CC1.CCOC(=O)C1(NC(=O)OCc2ccccc2)CC1.CN(C(=O)OCc1ccccc1)C1(CN)CC1.CN(C(=O)OCc1ccccc1)C1(CN2C(=O)c3ccccc3C2=O)CC1.CN(C(=O)OCc1ccccc1)C1(CO)CC1.CS(=O)(=O)Cl.NN.[B].[H-].[Na+]. The monoisotopic (exact) mass is 1790 g/mol. The van der Waals surface area contributed by atoms with Crippen LogP contribution in [0.2, 0.25) is 0 Å². The van der Waals surface area contributed by atoms with Crippen LogP contribution in [-0.4, -0.2) is 219 Å². The molecule has 0 atom stereocenters. The van der Waals surface area contributed by atoms with Gasteiger partial charge in [0.2, 0.25) is 9.05 Å². The molecule has 0 aromatic heterocycles. The molecule has 3 radical (unpaired) electrons. The van der Waals surface area contributed by atoms with Gasteiger partial charge in [0, 0.05) is 66.4 Å². The second-order valence-corrected chi connectivity index (χ2v) is 33.8. The van der Waals surface area contributed by atoms with Crippen molar-refractivity contribution in [1.29, 1.82) is 0 Å². The van der Waals surface area contributed by atoms with E-state index in [9.17, 15) is 61.5 Å². The second kappa shape index (κ2) is 50.7. The summed E-state index contributed by atoms with van der Waals surface area (Å²) in [5.41, 5.74) is 9.56. The molecule has 7 aliphatic rings. The first-order valence-electron chi connectivity index (χ1n) is 40.9. The van der Waals surface area contributed by atoms with Gasteiger partial charge in [-0.15, -0.1) is 0 Å². The number of benzene rings is 7. The van der Waals surface area contributed by atoms with Crippen molar-refractivity contribution in [3.8, 4) is 0 Å². The summed E-state index contributed by atoms with van der Waals surface area (Å²) in [4.78, 5) is 129. The minimum atomic E-state index is -3.19. The van der Waals surface area contributed by atoms with Gasteiger partial charge in [-0.1, -0.05) is 201 Å². The molecule has 1 heterocycles. The van der Waals surface area contributed by atoms with Gasteiger partial charge >= 0.3 is 78.1 Å². The van der Waals surface area contributed by atoms with E-state index in [4.69, 9.17) is 43.6 Å². The van der Waals surface area contributed by atoms with E-state index in [0.717, 1.165) is 97.4 Å². The van der Waals surface area contributed by atoms with Crippen molar-refractivity contribution >= 4 is 88.5 Å². The molecule has 0 saturated heterocycles. The minimum Gasteiger partial charge on any atom is -1.00 e. The van der Waals surface area contributed by atoms with Gasteiger partial charge in [-0.2, -0.15) is 0 Å². The maximum atomic E-state index is 12.6. The molecule has 6 aliphatic carbocycles. The summed E-state index contributed by atoms with van der Waals surface area (Å²) in [6, 6.07) is 64.0. The number of nitrogens with zero attached hydrogens (tertiary/aromatic N) is 6. The summed E-state index contributed by atoms with van der Waals surface area (Å²) >= 11 is 0. The van der Waals surface area contributed by atoms with Gasteiger partial charge in [0.15, 0.2) is 0 Å². The number of nitrogens with one attached hydrogen (secondary N) is 1. The number of halogens is 1. The predicted molar refractivity (Wildman–Crippen MR) is 471 cm³/mol. The molecule has 31 nitrogen and oxygen atoms in total. The number of hydrogen-bond donors (Lipinski definition) is 5. The standard InChI is InChI=1S/C21H20N2O4.C15H19NO4.C14H17NO4.C14H19NO2.C13H18N2O2.C13H17NO3.CH3ClO2S.B.H4N2.Na.H/c1-22(20(26)27-13-15-7-3-2-4-8-15)21(11-12-21)14-23-18(24)16-9-5-6-10-17(16)19(23)25;1-3-19-13(17)15(9-10-15)16(2)14(18)20-11-12-7-5-4-6-8-12;1-2-18-12(16)14(8-9-14)15-13(17)19-10-11-6-4-3-5-7-11;1-3-14(9-10-14)15(2)13(16)17-11-12-7-5-4-6-8-12;1-15(13(10-14)7-8-13)12(16)17-9-11-5-3-2-4-6-11;1-14(13(10-15)7-8-13)12(16)17-9-11-5-3-2-4-6-11;1-5(2,3)4;;1-2;;/h2-10H,11-14H2,1H3;4-8H,3,9-11H2,1-2H3;3-7H,2,8-10H2,1H3,(H,15,17);4-8H,3,9-11H2,1-2H3;2-6H,7-10,14H2,1H3;2-6,15H,7-10H2,1H3;1H3;;1-2H2;;/q;;;;;;;;;+1;-1. The Hall–Kier alpha value is -10.6. The number of hydrazine groups is 1. The number of esters is 2. The molecule has 8 N–H and O–H groups in total. The van der Waals surface area contributed by atoms with Crippen LogP contribution in [0.1, 0.15) is 160 Å². The van der Waals surface area contributed by atoms with Crippen molar-refractivity contribution in [2.24, 2.45) is 17.4 Å². The molecule has 6 fully saturated rings. The summed E-state index contributed by atoms with van der Waals surface area (Å²) in [7, 11) is 9.83. The van der Waals surface area contributed by atoms with Crippen molar-refractivity contribution in [3.05, 3.63) is 251 Å². The van der Waals surface area contributed by atoms with Crippen LogP contribution >= 0.6 is 10.7 Å². The molecule has 126 heavy (non-hydrogen) atoms. The predicted octanol–water partition coefficient (Wildman–Crippen LogP) is 9.91. The number of carbonyl (C=O) groups excluding carboxylic acids is 10. The van der Waals surface area contributed by atoms with Gasteiger partial charge in [0.05, 0.1) is 60.4 Å². The van der Waals surface area contributed by atoms with E-state index in [1.807, 2.05) is 189 Å². The van der Waals surface area contributed by atoms with Crippen LogP contribution in [0, 0.1) is 0 Å². The summed E-state index contributed by atoms with van der Waals surface area (Å²) in [5, 5.41) is 11.8. The third-order valence-corrected chi connectivity index (χ3v) is 22.2. The van der Waals surface area contributed by atoms with Crippen LogP contribution in [0.5, 0.6) is 0 Å². The summed E-state index contributed by atoms with van der Waals surface area (Å²) in [6.07, 6.45) is 9.27. The van der Waals surface area contributed by atoms with Gasteiger partial charge in [0.1, 0.15) is 50.7 Å². The van der Waals surface area contributed by atoms with Gasteiger partial charge in [0.25, 0.3) is 11.8 Å². The quantitative estimate of drug-likeness (QED) is 0.00607. The number of fused-ring (bicyclic) bond motifs is 1. The van der Waals surface area contributed by atoms with Crippen molar-refractivity contribution in [2.45, 2.75) is 177 Å². The normalized spacial score (nSPS) is 15.5. The molecule has 6 saturated carbocycles. The zero-order valence-electron chi connectivity index (χ0n) is 74.5. The number of nitrogens with two attached hydrogens (primary N) is 3. The number of hydrogen-bond acceptors (Lipinski definition) is 24. The Morgan fingerprint density at radius 2 is 0.675 bits per heavy atom. The third kappa shape index (κ3) is 32.0. The molecule has 1 aliphatic heterocycles. The van der Waals surface area contributed by atoms with Crippen molar-refractivity contribution < 1.29 is 130 Å².